The van der Waals surface area contributed by atoms with Crippen molar-refractivity contribution in [3.63, 3.8) is 0 Å². The molecule has 0 bridgehead atoms. The molecule has 2 N–H and O–H groups in total. The van der Waals surface area contributed by atoms with Crippen LogP contribution in [-0.2, 0) is 9.84 Å². The first-order valence-electron chi connectivity index (χ1n) is 5.28. The minimum Gasteiger partial charge on any atom is -0.325 e. The highest BCUT2D eigenvalue weighted by molar-refractivity contribution is 7.91. The Labute approximate surface area is 85.4 Å². The molecule has 2 saturated heterocycles. The summed E-state index contributed by atoms with van der Waals surface area (Å²) in [5.41, 5.74) is 5.86. The molecule has 0 radical (unpaired) electrons. The van der Waals surface area contributed by atoms with Crippen LogP contribution >= 0.6 is 0 Å². The maximum atomic E-state index is 11.4. The van der Waals surface area contributed by atoms with Gasteiger partial charge in [0.15, 0.2) is 9.84 Å². The molecule has 0 aromatic carbocycles. The van der Waals surface area contributed by atoms with Gasteiger partial charge in [0.05, 0.1) is 11.5 Å². The van der Waals surface area contributed by atoms with Crippen molar-refractivity contribution >= 4 is 9.84 Å². The van der Waals surface area contributed by atoms with E-state index in [1.54, 1.807) is 0 Å². The summed E-state index contributed by atoms with van der Waals surface area (Å²) in [7, 11) is -2.86. The van der Waals surface area contributed by atoms with Gasteiger partial charge in [-0.2, -0.15) is 0 Å². The number of nitrogens with zero attached hydrogens (tertiary/aromatic N) is 1. The minimum atomic E-state index is -2.86. The van der Waals surface area contributed by atoms with Gasteiger partial charge in [-0.05, 0) is 25.9 Å². The van der Waals surface area contributed by atoms with E-state index in [1.165, 1.54) is 19.3 Å². The van der Waals surface area contributed by atoms with Gasteiger partial charge in [0.2, 0.25) is 0 Å². The molecule has 2 rings (SSSR count). The molecule has 0 aliphatic carbocycles. The van der Waals surface area contributed by atoms with Crippen molar-refractivity contribution in [3.8, 4) is 0 Å². The van der Waals surface area contributed by atoms with Crippen LogP contribution in [0.1, 0.15) is 19.3 Å². The van der Waals surface area contributed by atoms with Crippen molar-refractivity contribution in [3.05, 3.63) is 0 Å². The number of likely N-dealkylation sites (tertiary alicyclic amines) is 1. The first-order chi connectivity index (χ1) is 6.58. The lowest BCUT2D eigenvalue weighted by molar-refractivity contribution is 0.166. The Bertz CT molecular complexity index is 296. The van der Waals surface area contributed by atoms with E-state index >= 15 is 0 Å². The number of rotatable bonds is 1. The Morgan fingerprint density at radius 1 is 1.07 bits per heavy atom. The highest BCUT2D eigenvalue weighted by Gasteiger charge is 2.38. The summed E-state index contributed by atoms with van der Waals surface area (Å²) in [5.74, 6) is 0.447. The third-order valence-corrected chi connectivity index (χ3v) is 4.97. The summed E-state index contributed by atoms with van der Waals surface area (Å²) in [6.07, 6.45) is 3.64. The van der Waals surface area contributed by atoms with Crippen molar-refractivity contribution in [1.82, 2.24) is 4.90 Å². The summed E-state index contributed by atoms with van der Waals surface area (Å²) < 4.78 is 22.8. The minimum absolute atomic E-state index is 0.0836. The van der Waals surface area contributed by atoms with Crippen LogP contribution in [0.2, 0.25) is 0 Å². The zero-order chi connectivity index (χ0) is 10.2. The molecule has 5 heteroatoms. The van der Waals surface area contributed by atoms with E-state index in [1.807, 2.05) is 0 Å². The monoisotopic (exact) mass is 218 g/mol. The first-order valence-corrected chi connectivity index (χ1v) is 7.11. The van der Waals surface area contributed by atoms with E-state index in [-0.39, 0.29) is 23.6 Å². The maximum Gasteiger partial charge on any atom is 0.153 e. The zero-order valence-corrected chi connectivity index (χ0v) is 9.17. The van der Waals surface area contributed by atoms with Crippen molar-refractivity contribution in [2.45, 2.75) is 31.3 Å². The molecule has 0 aromatic rings. The van der Waals surface area contributed by atoms with E-state index in [0.29, 0.717) is 0 Å². The molecule has 2 aliphatic rings. The smallest absolute Gasteiger partial charge is 0.153 e. The van der Waals surface area contributed by atoms with Gasteiger partial charge in [0.25, 0.3) is 0 Å². The highest BCUT2D eigenvalue weighted by atomic mass is 32.2. The Hall–Kier alpha value is -0.130. The second-order valence-electron chi connectivity index (χ2n) is 4.40. The van der Waals surface area contributed by atoms with Gasteiger partial charge >= 0.3 is 0 Å². The lowest BCUT2D eigenvalue weighted by Gasteiger charge is -2.33. The molecular weight excluding hydrogens is 200 g/mol. The number of hydrogen-bond acceptors (Lipinski definition) is 4. The lowest BCUT2D eigenvalue weighted by atomic mass is 10.1. The lowest BCUT2D eigenvalue weighted by Crippen LogP contribution is -2.48. The largest absolute Gasteiger partial charge is 0.325 e. The number of sulfone groups is 1. The molecule has 4 nitrogen and oxygen atoms in total. The standard InChI is InChI=1S/C9H18N2O2S/c10-8-6-14(12,13)7-9(8)11-4-2-1-3-5-11/h8-9H,1-7,10H2/t8-,9-/m1/s1. The van der Waals surface area contributed by atoms with E-state index in [0.717, 1.165) is 13.1 Å². The molecule has 14 heavy (non-hydrogen) atoms. The number of nitrogens with two attached hydrogens (primary N) is 1. The summed E-state index contributed by atoms with van der Waals surface area (Å²) >= 11 is 0. The summed E-state index contributed by atoms with van der Waals surface area (Å²) in [5, 5.41) is 0. The zero-order valence-electron chi connectivity index (χ0n) is 8.35. The van der Waals surface area contributed by atoms with Crippen LogP contribution in [-0.4, -0.2) is 50.0 Å². The molecule has 2 aliphatic heterocycles. The van der Waals surface area contributed by atoms with E-state index in [9.17, 15) is 8.42 Å². The number of piperidine rings is 1. The second kappa shape index (κ2) is 3.79. The molecule has 0 aromatic heterocycles. The van der Waals surface area contributed by atoms with Gasteiger partial charge in [-0.25, -0.2) is 8.42 Å². The average molecular weight is 218 g/mol. The predicted molar refractivity (Wildman–Crippen MR) is 55.8 cm³/mol. The maximum absolute atomic E-state index is 11.4. The second-order valence-corrected chi connectivity index (χ2v) is 6.56. The Balaban J connectivity index is 2.04. The van der Waals surface area contributed by atoms with Crippen molar-refractivity contribution in [2.75, 3.05) is 24.6 Å². The highest BCUT2D eigenvalue weighted by Crippen LogP contribution is 2.20. The first kappa shape index (κ1) is 10.4. The normalized spacial score (nSPS) is 38.6. The van der Waals surface area contributed by atoms with Gasteiger partial charge in [0, 0.05) is 12.1 Å². The fourth-order valence-corrected chi connectivity index (χ4v) is 4.41. The van der Waals surface area contributed by atoms with Crippen LogP contribution in [0, 0.1) is 0 Å². The molecule has 82 valence electrons. The number of hydrogen-bond donors (Lipinski definition) is 1. The van der Waals surface area contributed by atoms with Crippen LogP contribution in [0.25, 0.3) is 0 Å². The fraction of sp³-hybridized carbons (Fsp3) is 1.00. The third kappa shape index (κ3) is 2.10. The predicted octanol–water partition coefficient (Wildman–Crippen LogP) is -0.403. The fourth-order valence-electron chi connectivity index (χ4n) is 2.48. The quantitative estimate of drug-likeness (QED) is 0.650. The molecule has 2 fully saturated rings. The van der Waals surface area contributed by atoms with Gasteiger partial charge in [-0.3, -0.25) is 4.90 Å². The molecule has 0 saturated carbocycles. The van der Waals surface area contributed by atoms with Crippen LogP contribution in [0.4, 0.5) is 0 Å². The van der Waals surface area contributed by atoms with Crippen molar-refractivity contribution in [2.24, 2.45) is 5.73 Å². The van der Waals surface area contributed by atoms with E-state index in [4.69, 9.17) is 5.73 Å². The van der Waals surface area contributed by atoms with Crippen LogP contribution in [0.15, 0.2) is 0 Å². The summed E-state index contributed by atoms with van der Waals surface area (Å²) in [4.78, 5) is 2.26. The molecular formula is C9H18N2O2S. The van der Waals surface area contributed by atoms with Crippen molar-refractivity contribution in [1.29, 1.82) is 0 Å². The SMILES string of the molecule is N[C@@H]1CS(=O)(=O)C[C@H]1N1CCCCC1. The third-order valence-electron chi connectivity index (χ3n) is 3.22. The van der Waals surface area contributed by atoms with Gasteiger partial charge in [0.1, 0.15) is 0 Å². The topological polar surface area (TPSA) is 63.4 Å². The van der Waals surface area contributed by atoms with E-state index in [2.05, 4.69) is 4.90 Å². The molecule has 2 heterocycles. The van der Waals surface area contributed by atoms with Gasteiger partial charge < -0.3 is 5.73 Å². The summed E-state index contributed by atoms with van der Waals surface area (Å²) in [6.45, 7) is 2.04. The van der Waals surface area contributed by atoms with Crippen LogP contribution < -0.4 is 5.73 Å². The summed E-state index contributed by atoms with van der Waals surface area (Å²) in [6, 6.07) is -0.0848. The molecule has 0 spiro atoms. The molecule has 0 amide bonds. The Morgan fingerprint density at radius 2 is 1.71 bits per heavy atom. The molecule has 0 unspecified atom stereocenters. The van der Waals surface area contributed by atoms with Gasteiger partial charge in [-0.15, -0.1) is 0 Å². The van der Waals surface area contributed by atoms with Gasteiger partial charge in [-0.1, -0.05) is 6.42 Å². The Morgan fingerprint density at radius 3 is 2.21 bits per heavy atom. The van der Waals surface area contributed by atoms with Crippen molar-refractivity contribution < 1.29 is 8.42 Å². The van der Waals surface area contributed by atoms with Crippen LogP contribution in [0.5, 0.6) is 0 Å². The van der Waals surface area contributed by atoms with E-state index < -0.39 is 9.84 Å². The van der Waals surface area contributed by atoms with Crippen LogP contribution in [0.3, 0.4) is 0 Å². The average Bonchev–Trinajstić information content (AvgIpc) is 2.41. The molecule has 2 atom stereocenters. The Kier molecular flexibility index (Phi) is 2.81.